The maximum absolute atomic E-state index is 14.2. The van der Waals surface area contributed by atoms with Gasteiger partial charge < -0.3 is 5.32 Å². The molecule has 3 aromatic rings. The molecule has 1 aromatic heterocycles. The first-order valence-electron chi connectivity index (χ1n) is 7.29. The molecule has 0 aliphatic heterocycles. The lowest BCUT2D eigenvalue weighted by molar-refractivity contribution is 0.585. The summed E-state index contributed by atoms with van der Waals surface area (Å²) in [5, 5.41) is 6.03. The predicted molar refractivity (Wildman–Crippen MR) is 93.0 cm³/mol. The highest BCUT2D eigenvalue weighted by Crippen LogP contribution is 2.40. The van der Waals surface area contributed by atoms with E-state index in [2.05, 4.69) is 10.4 Å². The lowest BCUT2D eigenvalue weighted by Gasteiger charge is -2.14. The monoisotopic (exact) mass is 403 g/mol. The van der Waals surface area contributed by atoms with Gasteiger partial charge in [0.15, 0.2) is 5.82 Å². The van der Waals surface area contributed by atoms with Crippen LogP contribution in [0.1, 0.15) is 5.69 Å². The molecule has 0 bridgehead atoms. The lowest BCUT2D eigenvalue weighted by Crippen LogP contribution is -2.04. The third-order valence-electron chi connectivity index (χ3n) is 3.78. The van der Waals surface area contributed by atoms with Crippen molar-refractivity contribution in [3.8, 4) is 11.1 Å². The number of anilines is 2. The summed E-state index contributed by atoms with van der Waals surface area (Å²) in [5.41, 5.74) is 0.459. The molecule has 1 N–H and O–H groups in total. The summed E-state index contributed by atoms with van der Waals surface area (Å²) >= 11 is 11.7. The number of nitrogens with one attached hydrogen (secondary N) is 1. The van der Waals surface area contributed by atoms with Gasteiger partial charge >= 0.3 is 0 Å². The Balaban J connectivity index is 2.18. The Labute approximate surface area is 156 Å². The van der Waals surface area contributed by atoms with Gasteiger partial charge in [0.2, 0.25) is 0 Å². The van der Waals surface area contributed by atoms with E-state index in [-0.39, 0.29) is 27.7 Å². The van der Waals surface area contributed by atoms with Gasteiger partial charge in [0.1, 0.15) is 23.3 Å². The van der Waals surface area contributed by atoms with Crippen LogP contribution >= 0.6 is 23.2 Å². The minimum Gasteiger partial charge on any atom is -0.336 e. The first-order chi connectivity index (χ1) is 12.2. The van der Waals surface area contributed by atoms with Crippen LogP contribution in [0.4, 0.5) is 29.1 Å². The molecule has 0 saturated heterocycles. The van der Waals surface area contributed by atoms with Gasteiger partial charge in [-0.25, -0.2) is 17.6 Å². The van der Waals surface area contributed by atoms with E-state index in [1.54, 1.807) is 6.92 Å². The first kappa shape index (κ1) is 18.5. The van der Waals surface area contributed by atoms with Gasteiger partial charge in [-0.15, -0.1) is 0 Å². The molecule has 2 aromatic carbocycles. The molecule has 1 heterocycles. The summed E-state index contributed by atoms with van der Waals surface area (Å²) in [7, 11) is 1.54. The molecule has 0 fully saturated rings. The predicted octanol–water partition coefficient (Wildman–Crippen LogP) is 6.00. The number of nitrogens with zero attached hydrogens (tertiary/aromatic N) is 2. The number of hydrogen-bond acceptors (Lipinski definition) is 2. The van der Waals surface area contributed by atoms with Gasteiger partial charge in [0.05, 0.1) is 27.0 Å². The summed E-state index contributed by atoms with van der Waals surface area (Å²) in [6.45, 7) is 1.61. The summed E-state index contributed by atoms with van der Waals surface area (Å²) < 4.78 is 56.5. The second-order valence-corrected chi connectivity index (χ2v) is 6.28. The van der Waals surface area contributed by atoms with Crippen molar-refractivity contribution in [1.29, 1.82) is 0 Å². The zero-order chi connectivity index (χ0) is 19.2. The van der Waals surface area contributed by atoms with E-state index in [9.17, 15) is 17.6 Å². The number of halogens is 6. The molecule has 0 unspecified atom stereocenters. The van der Waals surface area contributed by atoms with E-state index in [4.69, 9.17) is 23.2 Å². The molecular weight excluding hydrogens is 393 g/mol. The number of benzene rings is 2. The van der Waals surface area contributed by atoms with E-state index in [1.807, 2.05) is 0 Å². The van der Waals surface area contributed by atoms with Crippen LogP contribution in [-0.2, 0) is 7.05 Å². The fourth-order valence-electron chi connectivity index (χ4n) is 2.62. The van der Waals surface area contributed by atoms with Crippen molar-refractivity contribution in [3.63, 3.8) is 0 Å². The highest BCUT2D eigenvalue weighted by molar-refractivity contribution is 6.43. The summed E-state index contributed by atoms with van der Waals surface area (Å²) in [4.78, 5) is 0. The first-order valence-corrected chi connectivity index (χ1v) is 8.05. The number of aryl methyl sites for hydroxylation is 2. The Hall–Kier alpha value is -2.25. The maximum atomic E-state index is 14.2. The van der Waals surface area contributed by atoms with E-state index < -0.39 is 28.3 Å². The van der Waals surface area contributed by atoms with Crippen LogP contribution < -0.4 is 5.32 Å². The summed E-state index contributed by atoms with van der Waals surface area (Å²) in [6, 6.07) is 3.65. The van der Waals surface area contributed by atoms with Crippen LogP contribution in [-0.4, -0.2) is 9.78 Å². The number of rotatable bonds is 3. The van der Waals surface area contributed by atoms with Crippen molar-refractivity contribution in [2.75, 3.05) is 5.32 Å². The van der Waals surface area contributed by atoms with Crippen molar-refractivity contribution >= 4 is 34.7 Å². The molecule has 26 heavy (non-hydrogen) atoms. The van der Waals surface area contributed by atoms with Crippen LogP contribution in [0.5, 0.6) is 0 Å². The molecule has 0 radical (unpaired) electrons. The molecule has 3 nitrogen and oxygen atoms in total. The van der Waals surface area contributed by atoms with Crippen molar-refractivity contribution in [2.24, 2.45) is 7.05 Å². The average Bonchev–Trinajstić information content (AvgIpc) is 2.83. The second-order valence-electron chi connectivity index (χ2n) is 5.52. The Morgan fingerprint density at radius 1 is 0.962 bits per heavy atom. The second kappa shape index (κ2) is 6.81. The Bertz CT molecular complexity index is 1020. The SMILES string of the molecule is Cc1nn(C)c(Nc2c(F)cc(F)c(Cl)c2Cl)c1-c1ccc(F)cc1F. The van der Waals surface area contributed by atoms with Gasteiger partial charge in [0, 0.05) is 24.7 Å². The van der Waals surface area contributed by atoms with E-state index >= 15 is 0 Å². The zero-order valence-electron chi connectivity index (χ0n) is 13.5. The Morgan fingerprint density at radius 3 is 2.31 bits per heavy atom. The van der Waals surface area contributed by atoms with Crippen molar-refractivity contribution in [2.45, 2.75) is 6.92 Å². The van der Waals surface area contributed by atoms with Gasteiger partial charge in [-0.1, -0.05) is 23.2 Å². The molecule has 9 heteroatoms. The summed E-state index contributed by atoms with van der Waals surface area (Å²) in [5.74, 6) is -3.36. The fraction of sp³-hybridized carbons (Fsp3) is 0.118. The van der Waals surface area contributed by atoms with Gasteiger partial charge in [-0.05, 0) is 19.1 Å². The van der Waals surface area contributed by atoms with E-state index in [0.29, 0.717) is 11.8 Å². The molecule has 3 rings (SSSR count). The molecule has 136 valence electrons. The highest BCUT2D eigenvalue weighted by Gasteiger charge is 2.22. The van der Waals surface area contributed by atoms with Crippen LogP contribution in [0.3, 0.4) is 0 Å². The van der Waals surface area contributed by atoms with Crippen molar-refractivity contribution in [1.82, 2.24) is 9.78 Å². The van der Waals surface area contributed by atoms with Crippen LogP contribution in [0.25, 0.3) is 11.1 Å². The molecule has 0 aliphatic carbocycles. The maximum Gasteiger partial charge on any atom is 0.151 e. The molecule has 0 saturated carbocycles. The Morgan fingerprint density at radius 2 is 1.65 bits per heavy atom. The Kier molecular flexibility index (Phi) is 4.86. The van der Waals surface area contributed by atoms with Crippen LogP contribution in [0.15, 0.2) is 24.3 Å². The summed E-state index contributed by atoms with van der Waals surface area (Å²) in [6.07, 6.45) is 0. The minimum absolute atomic E-state index is 0.0595. The van der Waals surface area contributed by atoms with Gasteiger partial charge in [0.25, 0.3) is 0 Å². The zero-order valence-corrected chi connectivity index (χ0v) is 15.0. The fourth-order valence-corrected chi connectivity index (χ4v) is 2.99. The molecule has 0 spiro atoms. The molecule has 0 atom stereocenters. The van der Waals surface area contributed by atoms with Gasteiger partial charge in [-0.3, -0.25) is 4.68 Å². The number of aromatic nitrogens is 2. The molecular formula is C17H11Cl2F4N3. The average molecular weight is 404 g/mol. The highest BCUT2D eigenvalue weighted by atomic mass is 35.5. The third-order valence-corrected chi connectivity index (χ3v) is 4.62. The van der Waals surface area contributed by atoms with Gasteiger partial charge in [-0.2, -0.15) is 5.10 Å². The third kappa shape index (κ3) is 3.12. The van der Waals surface area contributed by atoms with Crippen molar-refractivity contribution < 1.29 is 17.6 Å². The quantitative estimate of drug-likeness (QED) is 0.330. The lowest BCUT2D eigenvalue weighted by atomic mass is 10.0. The van der Waals surface area contributed by atoms with Crippen molar-refractivity contribution in [3.05, 3.63) is 63.3 Å². The van der Waals surface area contributed by atoms with Crippen LogP contribution in [0, 0.1) is 30.2 Å². The smallest absolute Gasteiger partial charge is 0.151 e. The van der Waals surface area contributed by atoms with E-state index in [1.165, 1.54) is 17.8 Å². The van der Waals surface area contributed by atoms with E-state index in [0.717, 1.165) is 12.1 Å². The minimum atomic E-state index is -1.01. The standard InChI is InChI=1S/C17H11Cl2F4N3/c1-7-13(9-4-3-8(20)5-10(9)21)17(26(2)25-7)24-16-12(23)6-11(22)14(18)15(16)19/h3-6,24H,1-2H3. The molecule has 0 amide bonds. The number of hydrogen-bond donors (Lipinski definition) is 1. The molecule has 0 aliphatic rings. The largest absolute Gasteiger partial charge is 0.336 e. The topological polar surface area (TPSA) is 29.9 Å². The normalized spacial score (nSPS) is 11.1. The van der Waals surface area contributed by atoms with Crippen LogP contribution in [0.2, 0.25) is 10.0 Å².